The lowest BCUT2D eigenvalue weighted by molar-refractivity contribution is -0.221. The van der Waals surface area contributed by atoms with Crippen LogP contribution in [-0.2, 0) is 14.2 Å². The molecule has 0 N–H and O–H groups in total. The summed E-state index contributed by atoms with van der Waals surface area (Å²) in [4.78, 5) is 0. The van der Waals surface area contributed by atoms with Gasteiger partial charge in [-0.3, -0.25) is 0 Å². The molecule has 0 amide bonds. The van der Waals surface area contributed by atoms with Crippen LogP contribution in [0.5, 0.6) is 0 Å². The quantitative estimate of drug-likeness (QED) is 0.655. The second kappa shape index (κ2) is 3.95. The van der Waals surface area contributed by atoms with Gasteiger partial charge >= 0.3 is 0 Å². The molecular weight excluding hydrogens is 168 g/mol. The Morgan fingerprint density at radius 3 is 2.77 bits per heavy atom. The van der Waals surface area contributed by atoms with Crippen molar-refractivity contribution >= 4 is 0 Å². The van der Waals surface area contributed by atoms with Crippen molar-refractivity contribution in [1.82, 2.24) is 0 Å². The second-order valence-electron chi connectivity index (χ2n) is 3.91. The smallest absolute Gasteiger partial charge is 0.173 e. The van der Waals surface area contributed by atoms with Crippen LogP contribution in [0, 0.1) is 5.92 Å². The van der Waals surface area contributed by atoms with Gasteiger partial charge < -0.3 is 14.2 Å². The number of ether oxygens (including phenoxy) is 3. The van der Waals surface area contributed by atoms with Crippen LogP contribution < -0.4 is 0 Å². The van der Waals surface area contributed by atoms with E-state index in [-0.39, 0.29) is 5.79 Å². The molecule has 1 atom stereocenters. The molecule has 76 valence electrons. The van der Waals surface area contributed by atoms with E-state index < -0.39 is 0 Å². The molecule has 3 nitrogen and oxygen atoms in total. The van der Waals surface area contributed by atoms with E-state index in [9.17, 15) is 0 Å². The first kappa shape index (κ1) is 9.44. The Hall–Kier alpha value is -0.120. The number of hydrogen-bond donors (Lipinski definition) is 0. The van der Waals surface area contributed by atoms with Gasteiger partial charge in [-0.15, -0.1) is 0 Å². The van der Waals surface area contributed by atoms with Gasteiger partial charge in [0, 0.05) is 19.4 Å². The molecule has 1 heterocycles. The fourth-order valence-corrected chi connectivity index (χ4v) is 2.45. The van der Waals surface area contributed by atoms with Crippen LogP contribution in [0.2, 0.25) is 0 Å². The Kier molecular flexibility index (Phi) is 2.86. The van der Waals surface area contributed by atoms with Gasteiger partial charge in [-0.1, -0.05) is 6.42 Å². The molecule has 0 aromatic carbocycles. The maximum Gasteiger partial charge on any atom is 0.173 e. The van der Waals surface area contributed by atoms with Crippen molar-refractivity contribution in [3.63, 3.8) is 0 Å². The SMILES string of the molecule is COCC1CCCCC12OCCO2. The molecule has 1 saturated carbocycles. The monoisotopic (exact) mass is 186 g/mol. The molecule has 0 aromatic rings. The van der Waals surface area contributed by atoms with Crippen LogP contribution in [0.1, 0.15) is 25.7 Å². The van der Waals surface area contributed by atoms with Crippen LogP contribution in [0.4, 0.5) is 0 Å². The molecule has 13 heavy (non-hydrogen) atoms. The summed E-state index contributed by atoms with van der Waals surface area (Å²) in [5.74, 6) is 0.155. The van der Waals surface area contributed by atoms with Gasteiger partial charge in [-0.2, -0.15) is 0 Å². The molecule has 0 aromatic heterocycles. The van der Waals surface area contributed by atoms with Crippen molar-refractivity contribution < 1.29 is 14.2 Å². The van der Waals surface area contributed by atoms with Crippen molar-refractivity contribution in [2.75, 3.05) is 26.9 Å². The molecular formula is C10H18O3. The zero-order chi connectivity index (χ0) is 9.15. The molecule has 2 aliphatic rings. The second-order valence-corrected chi connectivity index (χ2v) is 3.91. The standard InChI is InChI=1S/C10H18O3/c1-11-8-9-4-2-3-5-10(9)12-6-7-13-10/h9H,2-8H2,1H3. The van der Waals surface area contributed by atoms with Crippen LogP contribution in [0.25, 0.3) is 0 Å². The largest absolute Gasteiger partial charge is 0.384 e. The fourth-order valence-electron chi connectivity index (χ4n) is 2.45. The van der Waals surface area contributed by atoms with E-state index in [0.717, 1.165) is 26.2 Å². The summed E-state index contributed by atoms with van der Waals surface area (Å²) in [5.41, 5.74) is 0. The highest BCUT2D eigenvalue weighted by Gasteiger charge is 2.45. The molecule has 0 radical (unpaired) electrons. The first-order valence-electron chi connectivity index (χ1n) is 5.14. The van der Waals surface area contributed by atoms with Crippen molar-refractivity contribution in [3.8, 4) is 0 Å². The third-order valence-electron chi connectivity index (χ3n) is 3.09. The fraction of sp³-hybridized carbons (Fsp3) is 1.00. The van der Waals surface area contributed by atoms with Gasteiger partial charge in [0.2, 0.25) is 0 Å². The summed E-state index contributed by atoms with van der Waals surface area (Å²) in [5, 5.41) is 0. The van der Waals surface area contributed by atoms with Crippen LogP contribution in [-0.4, -0.2) is 32.7 Å². The Bertz CT molecular complexity index is 162. The van der Waals surface area contributed by atoms with Gasteiger partial charge in [-0.05, 0) is 12.8 Å². The zero-order valence-electron chi connectivity index (χ0n) is 8.25. The Labute approximate surface area is 79.4 Å². The van der Waals surface area contributed by atoms with E-state index in [1.807, 2.05) is 0 Å². The van der Waals surface area contributed by atoms with E-state index in [2.05, 4.69) is 0 Å². The average molecular weight is 186 g/mol. The van der Waals surface area contributed by atoms with Gasteiger partial charge in [0.1, 0.15) is 0 Å². The molecule has 1 saturated heterocycles. The van der Waals surface area contributed by atoms with E-state index in [1.54, 1.807) is 7.11 Å². The number of rotatable bonds is 2. The summed E-state index contributed by atoms with van der Waals surface area (Å²) in [6, 6.07) is 0. The maximum atomic E-state index is 5.74. The first-order chi connectivity index (χ1) is 6.37. The molecule has 1 aliphatic carbocycles. The van der Waals surface area contributed by atoms with Gasteiger partial charge in [-0.25, -0.2) is 0 Å². The molecule has 2 fully saturated rings. The Balaban J connectivity index is 2.03. The van der Waals surface area contributed by atoms with Crippen molar-refractivity contribution in [2.24, 2.45) is 5.92 Å². The molecule has 1 unspecified atom stereocenters. The van der Waals surface area contributed by atoms with E-state index >= 15 is 0 Å². The van der Waals surface area contributed by atoms with Gasteiger partial charge in [0.15, 0.2) is 5.79 Å². The minimum absolute atomic E-state index is 0.283. The van der Waals surface area contributed by atoms with Crippen LogP contribution in [0.3, 0.4) is 0 Å². The molecule has 1 spiro atoms. The maximum absolute atomic E-state index is 5.74. The molecule has 0 bridgehead atoms. The number of hydrogen-bond acceptors (Lipinski definition) is 3. The average Bonchev–Trinajstić information content (AvgIpc) is 2.59. The summed E-state index contributed by atoms with van der Waals surface area (Å²) in [7, 11) is 1.75. The van der Waals surface area contributed by atoms with Crippen molar-refractivity contribution in [2.45, 2.75) is 31.5 Å². The van der Waals surface area contributed by atoms with E-state index in [0.29, 0.717) is 5.92 Å². The molecule has 1 aliphatic heterocycles. The predicted octanol–water partition coefficient (Wildman–Crippen LogP) is 1.57. The van der Waals surface area contributed by atoms with Crippen molar-refractivity contribution in [3.05, 3.63) is 0 Å². The minimum Gasteiger partial charge on any atom is -0.384 e. The predicted molar refractivity (Wildman–Crippen MR) is 48.5 cm³/mol. The lowest BCUT2D eigenvalue weighted by atomic mass is 9.84. The minimum atomic E-state index is -0.283. The highest BCUT2D eigenvalue weighted by molar-refractivity contribution is 4.86. The zero-order valence-corrected chi connectivity index (χ0v) is 8.25. The number of methoxy groups -OCH3 is 1. The first-order valence-corrected chi connectivity index (χ1v) is 5.14. The summed E-state index contributed by atoms with van der Waals surface area (Å²) >= 11 is 0. The normalized spacial score (nSPS) is 32.5. The lowest BCUT2D eigenvalue weighted by Gasteiger charge is -2.38. The summed E-state index contributed by atoms with van der Waals surface area (Å²) < 4.78 is 16.7. The van der Waals surface area contributed by atoms with Gasteiger partial charge in [0.05, 0.1) is 19.8 Å². The third-order valence-corrected chi connectivity index (χ3v) is 3.09. The Morgan fingerprint density at radius 2 is 2.08 bits per heavy atom. The summed E-state index contributed by atoms with van der Waals surface area (Å²) in [6.45, 7) is 2.26. The van der Waals surface area contributed by atoms with Crippen LogP contribution in [0.15, 0.2) is 0 Å². The molecule has 3 heteroatoms. The molecule has 2 rings (SSSR count). The topological polar surface area (TPSA) is 27.7 Å². The third kappa shape index (κ3) is 1.73. The van der Waals surface area contributed by atoms with Crippen molar-refractivity contribution in [1.29, 1.82) is 0 Å². The highest BCUT2D eigenvalue weighted by atomic mass is 16.7. The Morgan fingerprint density at radius 1 is 1.31 bits per heavy atom. The lowest BCUT2D eigenvalue weighted by Crippen LogP contribution is -2.43. The summed E-state index contributed by atoms with van der Waals surface area (Å²) in [6.07, 6.45) is 4.72. The van der Waals surface area contributed by atoms with E-state index in [4.69, 9.17) is 14.2 Å². The van der Waals surface area contributed by atoms with Crippen LogP contribution >= 0.6 is 0 Å². The highest BCUT2D eigenvalue weighted by Crippen LogP contribution is 2.40. The van der Waals surface area contributed by atoms with Gasteiger partial charge in [0.25, 0.3) is 0 Å². The van der Waals surface area contributed by atoms with E-state index in [1.165, 1.54) is 19.3 Å².